The van der Waals surface area contributed by atoms with E-state index in [0.717, 1.165) is 22.9 Å². The molecule has 0 unspecified atom stereocenters. The number of carbonyl (C=O) groups is 1. The first-order chi connectivity index (χ1) is 13.6. The van der Waals surface area contributed by atoms with Gasteiger partial charge in [-0.15, -0.1) is 0 Å². The Bertz CT molecular complexity index is 1060. The van der Waals surface area contributed by atoms with Gasteiger partial charge in [0.2, 0.25) is 12.4 Å². The molecule has 1 heterocycles. The first-order valence-electron chi connectivity index (χ1n) is 8.60. The second-order valence-electron chi connectivity index (χ2n) is 6.54. The Kier molecular flexibility index (Phi) is 5.54. The number of rotatable bonds is 4. The molecule has 4 nitrogen and oxygen atoms in total. The monoisotopic (exact) mass is 405 g/mol. The van der Waals surface area contributed by atoms with Crippen LogP contribution in [-0.2, 0) is 12.6 Å². The van der Waals surface area contributed by atoms with Gasteiger partial charge in [-0.3, -0.25) is 10.0 Å². The molecule has 0 radical (unpaired) electrons. The van der Waals surface area contributed by atoms with Crippen LogP contribution in [0.25, 0.3) is 0 Å². The third-order valence-electron chi connectivity index (χ3n) is 4.41. The van der Waals surface area contributed by atoms with Crippen LogP contribution in [0.5, 0.6) is 0 Å². The summed E-state index contributed by atoms with van der Waals surface area (Å²) in [5.41, 5.74) is 0.765. The number of hydrogen-bond donors (Lipinski definition) is 2. The second-order valence-corrected chi connectivity index (χ2v) is 6.54. The van der Waals surface area contributed by atoms with Crippen molar-refractivity contribution in [1.82, 2.24) is 0 Å². The van der Waals surface area contributed by atoms with Crippen molar-refractivity contribution in [3.8, 4) is 0 Å². The van der Waals surface area contributed by atoms with Gasteiger partial charge in [0.1, 0.15) is 11.5 Å². The third-order valence-corrected chi connectivity index (χ3v) is 4.41. The van der Waals surface area contributed by atoms with Crippen molar-refractivity contribution < 1.29 is 32.3 Å². The zero-order chi connectivity index (χ0) is 21.2. The molecular formula is C21H17F4N2O2+. The molecule has 29 heavy (non-hydrogen) atoms. The summed E-state index contributed by atoms with van der Waals surface area (Å²) in [5.74, 6) is -1.07. The van der Waals surface area contributed by atoms with Gasteiger partial charge in [0.15, 0.2) is 0 Å². The maximum atomic E-state index is 13.4. The molecule has 2 aromatic carbocycles. The highest BCUT2D eigenvalue weighted by molar-refractivity contribution is 6.05. The smallest absolute Gasteiger partial charge is 0.317 e. The Morgan fingerprint density at radius 3 is 2.52 bits per heavy atom. The SMILES string of the molecule is Cc1cc(F)ccc1Cc1cc(C(F)(F)F)ccc1C(=O)Nc1ccc[n+](O)c1. The van der Waals surface area contributed by atoms with E-state index in [1.165, 1.54) is 42.7 Å². The van der Waals surface area contributed by atoms with Gasteiger partial charge < -0.3 is 5.32 Å². The van der Waals surface area contributed by atoms with Crippen molar-refractivity contribution in [2.45, 2.75) is 19.5 Å². The zero-order valence-corrected chi connectivity index (χ0v) is 15.3. The number of aromatic nitrogens is 1. The second kappa shape index (κ2) is 7.90. The van der Waals surface area contributed by atoms with Crippen LogP contribution in [-0.4, -0.2) is 11.1 Å². The number of nitrogens with one attached hydrogen (secondary N) is 1. The number of anilines is 1. The van der Waals surface area contributed by atoms with Crippen molar-refractivity contribution in [2.24, 2.45) is 0 Å². The van der Waals surface area contributed by atoms with Crippen LogP contribution < -0.4 is 10.0 Å². The summed E-state index contributed by atoms with van der Waals surface area (Å²) in [6.07, 6.45) is -1.96. The molecule has 1 aromatic heterocycles. The molecule has 3 aromatic rings. The Labute approximate surface area is 164 Å². The van der Waals surface area contributed by atoms with Crippen LogP contribution in [0.4, 0.5) is 23.2 Å². The Balaban J connectivity index is 2.00. The molecule has 0 saturated carbocycles. The fourth-order valence-electron chi connectivity index (χ4n) is 2.94. The maximum Gasteiger partial charge on any atom is 0.416 e. The molecule has 3 rings (SSSR count). The number of benzene rings is 2. The number of halogens is 4. The number of amides is 1. The fourth-order valence-corrected chi connectivity index (χ4v) is 2.94. The molecule has 0 spiro atoms. The molecule has 0 aliphatic carbocycles. The molecule has 0 bridgehead atoms. The predicted octanol–water partition coefficient (Wildman–Crippen LogP) is 4.52. The van der Waals surface area contributed by atoms with E-state index in [1.807, 2.05) is 0 Å². The van der Waals surface area contributed by atoms with Crippen LogP contribution in [0.2, 0.25) is 0 Å². The van der Waals surface area contributed by atoms with E-state index >= 15 is 0 Å². The predicted molar refractivity (Wildman–Crippen MR) is 97.2 cm³/mol. The third kappa shape index (κ3) is 4.90. The first kappa shape index (κ1) is 20.3. The van der Waals surface area contributed by atoms with Gasteiger partial charge in [0, 0.05) is 16.4 Å². The van der Waals surface area contributed by atoms with Gasteiger partial charge in [-0.2, -0.15) is 13.2 Å². The molecule has 2 N–H and O–H groups in total. The number of nitrogens with zero attached hydrogens (tertiary/aromatic N) is 1. The van der Waals surface area contributed by atoms with Crippen molar-refractivity contribution in [1.29, 1.82) is 0 Å². The fraction of sp³-hybridized carbons (Fsp3) is 0.143. The van der Waals surface area contributed by atoms with Crippen molar-refractivity contribution in [3.05, 3.63) is 94.6 Å². The van der Waals surface area contributed by atoms with E-state index in [4.69, 9.17) is 0 Å². The summed E-state index contributed by atoms with van der Waals surface area (Å²) < 4.78 is 53.6. The lowest BCUT2D eigenvalue weighted by atomic mass is 9.94. The van der Waals surface area contributed by atoms with Crippen LogP contribution in [0.3, 0.4) is 0 Å². The Morgan fingerprint density at radius 1 is 1.10 bits per heavy atom. The van der Waals surface area contributed by atoms with Gasteiger partial charge in [-0.1, -0.05) is 6.07 Å². The van der Waals surface area contributed by atoms with Crippen LogP contribution in [0.1, 0.15) is 32.6 Å². The van der Waals surface area contributed by atoms with Crippen LogP contribution in [0.15, 0.2) is 60.9 Å². The van der Waals surface area contributed by atoms with Gasteiger partial charge in [-0.25, -0.2) is 4.39 Å². The largest absolute Gasteiger partial charge is 0.416 e. The normalized spacial score (nSPS) is 11.3. The summed E-state index contributed by atoms with van der Waals surface area (Å²) in [7, 11) is 0. The molecule has 150 valence electrons. The highest BCUT2D eigenvalue weighted by atomic mass is 19.4. The topological polar surface area (TPSA) is 53.2 Å². The minimum absolute atomic E-state index is 0.0214. The number of carbonyl (C=O) groups excluding carboxylic acids is 1. The van der Waals surface area contributed by atoms with E-state index in [1.54, 1.807) is 6.92 Å². The van der Waals surface area contributed by atoms with Gasteiger partial charge in [0.05, 0.1) is 5.56 Å². The van der Waals surface area contributed by atoms with Crippen LogP contribution in [0, 0.1) is 12.7 Å². The van der Waals surface area contributed by atoms with Crippen LogP contribution >= 0.6 is 0 Å². The van der Waals surface area contributed by atoms with Crippen molar-refractivity contribution >= 4 is 11.6 Å². The zero-order valence-electron chi connectivity index (χ0n) is 15.3. The molecular weight excluding hydrogens is 388 g/mol. The summed E-state index contributed by atoms with van der Waals surface area (Å²) in [4.78, 5) is 12.7. The summed E-state index contributed by atoms with van der Waals surface area (Å²) in [5, 5.41) is 12.0. The number of alkyl halides is 3. The molecule has 0 saturated heterocycles. The standard InChI is InChI=1S/C21H16F4N2O2/c1-13-9-17(22)6-4-14(13)10-15-11-16(21(23,24)25)5-7-19(15)20(28)26-18-3-2-8-27(29)12-18/h2-9,11-12H,10H2,1H3,(H-,26,28,29)/p+1. The van der Waals surface area contributed by atoms with Crippen molar-refractivity contribution in [2.75, 3.05) is 5.32 Å². The molecule has 0 aliphatic rings. The van der Waals surface area contributed by atoms with E-state index in [-0.39, 0.29) is 23.2 Å². The summed E-state index contributed by atoms with van der Waals surface area (Å²) in [6, 6.07) is 9.89. The molecule has 0 fully saturated rings. The van der Waals surface area contributed by atoms with Crippen molar-refractivity contribution in [3.63, 3.8) is 0 Å². The van der Waals surface area contributed by atoms with E-state index in [9.17, 15) is 27.6 Å². The highest BCUT2D eigenvalue weighted by Crippen LogP contribution is 2.32. The number of hydrogen-bond acceptors (Lipinski definition) is 2. The lowest BCUT2D eigenvalue weighted by Gasteiger charge is -2.15. The quantitative estimate of drug-likeness (QED) is 0.381. The molecule has 1 amide bonds. The van der Waals surface area contributed by atoms with Gasteiger partial charge in [-0.05, 0) is 66.4 Å². The van der Waals surface area contributed by atoms with Gasteiger partial charge in [0.25, 0.3) is 5.91 Å². The maximum absolute atomic E-state index is 13.4. The van der Waals surface area contributed by atoms with E-state index in [0.29, 0.717) is 11.1 Å². The molecule has 0 aliphatic heterocycles. The minimum atomic E-state index is -4.57. The van der Waals surface area contributed by atoms with E-state index in [2.05, 4.69) is 5.32 Å². The summed E-state index contributed by atoms with van der Waals surface area (Å²) in [6.45, 7) is 1.65. The lowest BCUT2D eigenvalue weighted by Crippen LogP contribution is -2.29. The average Bonchev–Trinajstić information content (AvgIpc) is 2.63. The Hall–Kier alpha value is -3.42. The molecule has 8 heteroatoms. The number of pyridine rings is 1. The van der Waals surface area contributed by atoms with E-state index < -0.39 is 23.5 Å². The minimum Gasteiger partial charge on any atom is -0.317 e. The first-order valence-corrected chi connectivity index (χ1v) is 8.60. The average molecular weight is 405 g/mol. The van der Waals surface area contributed by atoms with Gasteiger partial charge >= 0.3 is 6.18 Å². The highest BCUT2D eigenvalue weighted by Gasteiger charge is 2.31. The Morgan fingerprint density at radius 2 is 1.86 bits per heavy atom. The summed E-state index contributed by atoms with van der Waals surface area (Å²) >= 11 is 0. The number of aryl methyl sites for hydroxylation is 1. The lowest BCUT2D eigenvalue weighted by molar-refractivity contribution is -0.904. The molecule has 0 atom stereocenters.